The number of aromatic nitrogens is 4. The lowest BCUT2D eigenvalue weighted by molar-refractivity contribution is 0.879. The van der Waals surface area contributed by atoms with E-state index in [1.807, 2.05) is 25.1 Å². The molecule has 92 valence electrons. The molecular formula is C13H10N6. The summed E-state index contributed by atoms with van der Waals surface area (Å²) in [6.07, 6.45) is 3.25. The maximum absolute atomic E-state index is 8.78. The number of anilines is 1. The van der Waals surface area contributed by atoms with Crippen LogP contribution < -0.4 is 5.73 Å². The van der Waals surface area contributed by atoms with Crippen molar-refractivity contribution in [3.63, 3.8) is 0 Å². The molecule has 3 aromatic rings. The van der Waals surface area contributed by atoms with E-state index in [2.05, 4.69) is 15.1 Å². The maximum atomic E-state index is 8.78. The number of nitrogens with zero attached hydrogens (tertiary/aromatic N) is 5. The lowest BCUT2D eigenvalue weighted by Crippen LogP contribution is -1.99. The highest BCUT2D eigenvalue weighted by atomic mass is 15.3. The SMILES string of the molecule is Cc1cc2c(-n3cnc(C#N)n3)ccc(N)c2cn1. The number of hydrogen-bond acceptors (Lipinski definition) is 5. The van der Waals surface area contributed by atoms with Gasteiger partial charge in [-0.3, -0.25) is 4.98 Å². The van der Waals surface area contributed by atoms with Crippen LogP contribution in [-0.4, -0.2) is 19.7 Å². The van der Waals surface area contributed by atoms with Gasteiger partial charge < -0.3 is 5.73 Å². The summed E-state index contributed by atoms with van der Waals surface area (Å²) in [5, 5.41) is 14.7. The molecule has 3 rings (SSSR count). The van der Waals surface area contributed by atoms with E-state index in [-0.39, 0.29) is 5.82 Å². The van der Waals surface area contributed by atoms with Gasteiger partial charge in [-0.05, 0) is 25.1 Å². The lowest BCUT2D eigenvalue weighted by atomic mass is 10.1. The molecule has 0 atom stereocenters. The van der Waals surface area contributed by atoms with E-state index in [1.54, 1.807) is 16.9 Å². The van der Waals surface area contributed by atoms with Crippen molar-refractivity contribution in [1.29, 1.82) is 5.26 Å². The normalized spacial score (nSPS) is 10.5. The zero-order valence-corrected chi connectivity index (χ0v) is 10.2. The van der Waals surface area contributed by atoms with Crippen LogP contribution in [0.15, 0.2) is 30.7 Å². The van der Waals surface area contributed by atoms with Crippen LogP contribution in [0.25, 0.3) is 16.5 Å². The molecule has 19 heavy (non-hydrogen) atoms. The van der Waals surface area contributed by atoms with Crippen molar-refractivity contribution >= 4 is 16.5 Å². The molecule has 0 unspecified atom stereocenters. The van der Waals surface area contributed by atoms with Crippen molar-refractivity contribution in [3.8, 4) is 11.8 Å². The van der Waals surface area contributed by atoms with Crippen molar-refractivity contribution < 1.29 is 0 Å². The fourth-order valence-electron chi connectivity index (χ4n) is 1.98. The quantitative estimate of drug-likeness (QED) is 0.662. The van der Waals surface area contributed by atoms with Gasteiger partial charge >= 0.3 is 0 Å². The van der Waals surface area contributed by atoms with Crippen molar-refractivity contribution in [2.24, 2.45) is 0 Å². The Morgan fingerprint density at radius 1 is 1.26 bits per heavy atom. The van der Waals surface area contributed by atoms with Crippen LogP contribution in [0.4, 0.5) is 5.69 Å². The molecule has 0 saturated carbocycles. The van der Waals surface area contributed by atoms with Crippen molar-refractivity contribution in [2.75, 3.05) is 5.73 Å². The molecule has 6 nitrogen and oxygen atoms in total. The standard InChI is InChI=1S/C13H10N6/c1-8-4-9-10(6-16-8)11(15)2-3-12(9)19-7-17-13(5-14)18-19/h2-4,6-7H,15H2,1H3. The van der Waals surface area contributed by atoms with E-state index >= 15 is 0 Å². The van der Waals surface area contributed by atoms with Crippen LogP contribution in [0, 0.1) is 18.3 Å². The molecule has 2 aromatic heterocycles. The fraction of sp³-hybridized carbons (Fsp3) is 0.0769. The van der Waals surface area contributed by atoms with Gasteiger partial charge in [-0.15, -0.1) is 5.10 Å². The smallest absolute Gasteiger partial charge is 0.252 e. The highest BCUT2D eigenvalue weighted by Crippen LogP contribution is 2.26. The van der Waals surface area contributed by atoms with Crippen molar-refractivity contribution in [1.82, 2.24) is 19.7 Å². The largest absolute Gasteiger partial charge is 0.398 e. The maximum Gasteiger partial charge on any atom is 0.252 e. The van der Waals surface area contributed by atoms with Gasteiger partial charge in [0.2, 0.25) is 0 Å². The van der Waals surface area contributed by atoms with Gasteiger partial charge in [0, 0.05) is 28.4 Å². The van der Waals surface area contributed by atoms with Crippen LogP contribution >= 0.6 is 0 Å². The summed E-state index contributed by atoms with van der Waals surface area (Å²) < 4.78 is 1.57. The van der Waals surface area contributed by atoms with Gasteiger partial charge in [0.1, 0.15) is 12.4 Å². The molecule has 1 aromatic carbocycles. The average molecular weight is 250 g/mol. The zero-order valence-electron chi connectivity index (χ0n) is 10.2. The molecule has 2 heterocycles. The first kappa shape index (κ1) is 11.2. The summed E-state index contributed by atoms with van der Waals surface area (Å²) in [6.45, 7) is 1.91. The summed E-state index contributed by atoms with van der Waals surface area (Å²) in [4.78, 5) is 8.15. The minimum atomic E-state index is 0.135. The molecule has 6 heteroatoms. The predicted molar refractivity (Wildman–Crippen MR) is 70.5 cm³/mol. The molecule has 0 spiro atoms. The predicted octanol–water partition coefficient (Wildman–Crippen LogP) is 1.58. The summed E-state index contributed by atoms with van der Waals surface area (Å²) in [5.74, 6) is 0.135. The molecule has 0 saturated heterocycles. The van der Waals surface area contributed by atoms with Crippen LogP contribution in [0.5, 0.6) is 0 Å². The molecule has 0 aliphatic carbocycles. The Hall–Kier alpha value is -2.94. The first-order chi connectivity index (χ1) is 9.19. The Morgan fingerprint density at radius 3 is 2.84 bits per heavy atom. The Kier molecular flexibility index (Phi) is 2.39. The number of benzene rings is 1. The van der Waals surface area contributed by atoms with Gasteiger partial charge in [-0.25, -0.2) is 9.67 Å². The van der Waals surface area contributed by atoms with Crippen molar-refractivity contribution in [2.45, 2.75) is 6.92 Å². The lowest BCUT2D eigenvalue weighted by Gasteiger charge is -2.08. The molecule has 0 bridgehead atoms. The average Bonchev–Trinajstić information content (AvgIpc) is 2.87. The third-order valence-electron chi connectivity index (χ3n) is 2.89. The molecule has 0 aliphatic heterocycles. The second kappa shape index (κ2) is 4.07. The van der Waals surface area contributed by atoms with Gasteiger partial charge in [-0.2, -0.15) is 5.26 Å². The number of nitrogen functional groups attached to an aromatic ring is 1. The summed E-state index contributed by atoms with van der Waals surface area (Å²) >= 11 is 0. The molecule has 0 radical (unpaired) electrons. The van der Waals surface area contributed by atoms with E-state index in [1.165, 1.54) is 6.33 Å². The van der Waals surface area contributed by atoms with E-state index < -0.39 is 0 Å². The second-order valence-electron chi connectivity index (χ2n) is 4.17. The second-order valence-corrected chi connectivity index (χ2v) is 4.17. The Bertz CT molecular complexity index is 812. The summed E-state index contributed by atoms with van der Waals surface area (Å²) in [6, 6.07) is 7.50. The molecular weight excluding hydrogens is 240 g/mol. The zero-order chi connectivity index (χ0) is 13.4. The van der Waals surface area contributed by atoms with E-state index in [0.29, 0.717) is 5.69 Å². The Morgan fingerprint density at radius 2 is 2.11 bits per heavy atom. The van der Waals surface area contributed by atoms with E-state index in [9.17, 15) is 0 Å². The van der Waals surface area contributed by atoms with E-state index in [0.717, 1.165) is 22.2 Å². The Labute approximate surface area is 109 Å². The fourth-order valence-corrected chi connectivity index (χ4v) is 1.98. The highest BCUT2D eigenvalue weighted by Gasteiger charge is 2.09. The number of nitriles is 1. The van der Waals surface area contributed by atoms with Crippen molar-refractivity contribution in [3.05, 3.63) is 42.2 Å². The van der Waals surface area contributed by atoms with Crippen LogP contribution in [0.3, 0.4) is 0 Å². The summed E-state index contributed by atoms with van der Waals surface area (Å²) in [7, 11) is 0. The third-order valence-corrected chi connectivity index (χ3v) is 2.89. The van der Waals surface area contributed by atoms with Gasteiger partial charge in [0.25, 0.3) is 5.82 Å². The minimum absolute atomic E-state index is 0.135. The number of hydrogen-bond donors (Lipinski definition) is 1. The molecule has 2 N–H and O–H groups in total. The molecule has 0 amide bonds. The highest BCUT2D eigenvalue weighted by molar-refractivity contribution is 5.97. The number of aryl methyl sites for hydroxylation is 1. The molecule has 0 fully saturated rings. The van der Waals surface area contributed by atoms with E-state index in [4.69, 9.17) is 11.0 Å². The number of rotatable bonds is 1. The number of pyridine rings is 1. The topological polar surface area (TPSA) is 93.4 Å². The molecule has 0 aliphatic rings. The first-order valence-electron chi connectivity index (χ1n) is 5.66. The minimum Gasteiger partial charge on any atom is -0.398 e. The monoisotopic (exact) mass is 250 g/mol. The number of fused-ring (bicyclic) bond motifs is 1. The van der Waals surface area contributed by atoms with Crippen LogP contribution in [-0.2, 0) is 0 Å². The Balaban J connectivity index is 2.32. The van der Waals surface area contributed by atoms with Gasteiger partial charge in [-0.1, -0.05) is 0 Å². The van der Waals surface area contributed by atoms with Crippen LogP contribution in [0.2, 0.25) is 0 Å². The third kappa shape index (κ3) is 1.77. The first-order valence-corrected chi connectivity index (χ1v) is 5.66. The van der Waals surface area contributed by atoms with Gasteiger partial charge in [0.15, 0.2) is 0 Å². The number of nitrogens with two attached hydrogens (primary N) is 1. The van der Waals surface area contributed by atoms with Gasteiger partial charge in [0.05, 0.1) is 5.69 Å². The summed E-state index contributed by atoms with van der Waals surface area (Å²) in [5.41, 5.74) is 8.32. The van der Waals surface area contributed by atoms with Crippen LogP contribution in [0.1, 0.15) is 11.5 Å².